The van der Waals surface area contributed by atoms with E-state index in [0.29, 0.717) is 12.2 Å². The largest absolute Gasteiger partial charge is 0.354 e. The van der Waals surface area contributed by atoms with E-state index in [1.165, 1.54) is 17.0 Å². The first kappa shape index (κ1) is 28.4. The predicted molar refractivity (Wildman–Crippen MR) is 150 cm³/mol. The summed E-state index contributed by atoms with van der Waals surface area (Å²) in [6, 6.07) is 21.6. The molecule has 3 aromatic carbocycles. The zero-order chi connectivity index (χ0) is 27.0. The van der Waals surface area contributed by atoms with Crippen LogP contribution in [0.4, 0.5) is 5.69 Å². The first-order chi connectivity index (χ1) is 17.6. The van der Waals surface area contributed by atoms with Crippen molar-refractivity contribution in [3.05, 3.63) is 94.5 Å². The van der Waals surface area contributed by atoms with Gasteiger partial charge in [0.1, 0.15) is 12.6 Å². The molecule has 3 aromatic rings. The van der Waals surface area contributed by atoms with Crippen LogP contribution in [0.25, 0.3) is 0 Å². The maximum Gasteiger partial charge on any atom is 0.264 e. The number of nitrogens with zero attached hydrogens (tertiary/aromatic N) is 2. The highest BCUT2D eigenvalue weighted by molar-refractivity contribution is 9.10. The lowest BCUT2D eigenvalue weighted by atomic mass is 10.1. The highest BCUT2D eigenvalue weighted by atomic mass is 79.9. The van der Waals surface area contributed by atoms with Gasteiger partial charge in [-0.1, -0.05) is 70.9 Å². The molecular formula is C28H32BrN3O4S. The fourth-order valence-corrected chi connectivity index (χ4v) is 5.54. The molecule has 2 amide bonds. The summed E-state index contributed by atoms with van der Waals surface area (Å²) in [6.45, 7) is 5.76. The van der Waals surface area contributed by atoms with Gasteiger partial charge in [-0.25, -0.2) is 8.42 Å². The van der Waals surface area contributed by atoms with E-state index in [0.717, 1.165) is 26.3 Å². The standard InChI is InChI=1S/C28H32BrN3O4S/c1-4-17-30-28(34)22(3)31(19-23-10-8-9-21(2)18-23)27(33)20-32(25-15-13-24(29)14-16-25)37(35,36)26-11-6-5-7-12-26/h5-16,18,22H,4,17,19-20H2,1-3H3,(H,30,34)/t22-/m0/s1. The van der Waals surface area contributed by atoms with Crippen LogP contribution in [0.15, 0.2) is 88.2 Å². The minimum Gasteiger partial charge on any atom is -0.354 e. The van der Waals surface area contributed by atoms with E-state index < -0.39 is 28.5 Å². The van der Waals surface area contributed by atoms with Crippen molar-refractivity contribution >= 4 is 43.5 Å². The van der Waals surface area contributed by atoms with E-state index in [-0.39, 0.29) is 17.3 Å². The number of amides is 2. The number of hydrogen-bond donors (Lipinski definition) is 1. The molecular weight excluding hydrogens is 554 g/mol. The number of sulfonamides is 1. The van der Waals surface area contributed by atoms with Crippen molar-refractivity contribution in [3.63, 3.8) is 0 Å². The molecule has 3 rings (SSSR count). The van der Waals surface area contributed by atoms with Crippen LogP contribution in [0.3, 0.4) is 0 Å². The Labute approximate surface area is 227 Å². The summed E-state index contributed by atoms with van der Waals surface area (Å²) >= 11 is 3.37. The van der Waals surface area contributed by atoms with Gasteiger partial charge in [0.05, 0.1) is 10.6 Å². The van der Waals surface area contributed by atoms with Crippen molar-refractivity contribution in [2.24, 2.45) is 0 Å². The third-order valence-electron chi connectivity index (χ3n) is 5.88. The molecule has 1 N–H and O–H groups in total. The number of halogens is 1. The van der Waals surface area contributed by atoms with Gasteiger partial charge < -0.3 is 10.2 Å². The summed E-state index contributed by atoms with van der Waals surface area (Å²) in [7, 11) is -4.07. The van der Waals surface area contributed by atoms with Crippen molar-refractivity contribution in [2.45, 2.75) is 44.7 Å². The number of benzene rings is 3. The summed E-state index contributed by atoms with van der Waals surface area (Å²) in [5.74, 6) is -0.771. The average Bonchev–Trinajstić information content (AvgIpc) is 2.89. The van der Waals surface area contributed by atoms with E-state index in [9.17, 15) is 18.0 Å². The summed E-state index contributed by atoms with van der Waals surface area (Å²) < 4.78 is 29.2. The topological polar surface area (TPSA) is 86.8 Å². The fraction of sp³-hybridized carbons (Fsp3) is 0.286. The zero-order valence-electron chi connectivity index (χ0n) is 21.2. The second-order valence-corrected chi connectivity index (χ2v) is 11.6. The molecule has 0 aliphatic carbocycles. The van der Waals surface area contributed by atoms with Gasteiger partial charge in [-0.2, -0.15) is 0 Å². The molecule has 7 nitrogen and oxygen atoms in total. The molecule has 1 atom stereocenters. The lowest BCUT2D eigenvalue weighted by Crippen LogP contribution is -2.51. The minimum absolute atomic E-state index is 0.0738. The smallest absolute Gasteiger partial charge is 0.264 e. The van der Waals surface area contributed by atoms with Crippen molar-refractivity contribution in [2.75, 3.05) is 17.4 Å². The second kappa shape index (κ2) is 12.9. The third kappa shape index (κ3) is 7.42. The van der Waals surface area contributed by atoms with Gasteiger partial charge in [0.25, 0.3) is 10.0 Å². The Morgan fingerprint density at radius 2 is 1.65 bits per heavy atom. The second-order valence-electron chi connectivity index (χ2n) is 8.78. The van der Waals surface area contributed by atoms with Crippen molar-refractivity contribution < 1.29 is 18.0 Å². The summed E-state index contributed by atoms with van der Waals surface area (Å²) in [4.78, 5) is 28.2. The lowest BCUT2D eigenvalue weighted by molar-refractivity contribution is -0.139. The molecule has 9 heteroatoms. The quantitative estimate of drug-likeness (QED) is 0.347. The number of anilines is 1. The van der Waals surface area contributed by atoms with E-state index >= 15 is 0 Å². The van der Waals surface area contributed by atoms with Crippen molar-refractivity contribution in [3.8, 4) is 0 Å². The fourth-order valence-electron chi connectivity index (χ4n) is 3.84. The molecule has 0 aromatic heterocycles. The summed E-state index contributed by atoms with van der Waals surface area (Å²) in [5, 5.41) is 2.84. The van der Waals surface area contributed by atoms with E-state index in [1.54, 1.807) is 49.4 Å². The molecule has 0 heterocycles. The van der Waals surface area contributed by atoms with Crippen LogP contribution in [-0.2, 0) is 26.2 Å². The Balaban J connectivity index is 2.00. The van der Waals surface area contributed by atoms with Crippen LogP contribution in [0.2, 0.25) is 0 Å². The normalized spacial score (nSPS) is 12.0. The molecule has 0 bridgehead atoms. The van der Waals surface area contributed by atoms with Gasteiger partial charge in [-0.15, -0.1) is 0 Å². The first-order valence-electron chi connectivity index (χ1n) is 12.1. The van der Waals surface area contributed by atoms with Gasteiger partial charge in [0, 0.05) is 17.6 Å². The van der Waals surface area contributed by atoms with Gasteiger partial charge >= 0.3 is 0 Å². The number of hydrogen-bond acceptors (Lipinski definition) is 4. The molecule has 0 saturated carbocycles. The van der Waals surface area contributed by atoms with Crippen LogP contribution in [0.1, 0.15) is 31.4 Å². The van der Waals surface area contributed by atoms with Gasteiger partial charge in [0.2, 0.25) is 11.8 Å². The Morgan fingerprint density at radius 1 is 0.973 bits per heavy atom. The van der Waals surface area contributed by atoms with Crippen LogP contribution >= 0.6 is 15.9 Å². The van der Waals surface area contributed by atoms with Crippen molar-refractivity contribution in [1.82, 2.24) is 10.2 Å². The Hall–Kier alpha value is -3.17. The Kier molecular flexibility index (Phi) is 9.88. The van der Waals surface area contributed by atoms with Crippen LogP contribution in [-0.4, -0.2) is 44.3 Å². The molecule has 0 spiro atoms. The number of rotatable bonds is 11. The highest BCUT2D eigenvalue weighted by Crippen LogP contribution is 2.26. The van der Waals surface area contributed by atoms with Gasteiger partial charge in [-0.05, 0) is 62.2 Å². The van der Waals surface area contributed by atoms with Crippen LogP contribution in [0.5, 0.6) is 0 Å². The minimum atomic E-state index is -4.07. The average molecular weight is 587 g/mol. The molecule has 0 saturated heterocycles. The molecule has 0 radical (unpaired) electrons. The van der Waals surface area contributed by atoms with Gasteiger partial charge in [-0.3, -0.25) is 13.9 Å². The third-order valence-corrected chi connectivity index (χ3v) is 8.19. The van der Waals surface area contributed by atoms with E-state index in [4.69, 9.17) is 0 Å². The number of carbonyl (C=O) groups excluding carboxylic acids is 2. The monoisotopic (exact) mass is 585 g/mol. The molecule has 0 unspecified atom stereocenters. The molecule has 0 fully saturated rings. The van der Waals surface area contributed by atoms with Crippen molar-refractivity contribution in [1.29, 1.82) is 0 Å². The van der Waals surface area contributed by atoms with Crippen LogP contribution < -0.4 is 9.62 Å². The lowest BCUT2D eigenvalue weighted by Gasteiger charge is -2.32. The van der Waals surface area contributed by atoms with E-state index in [1.807, 2.05) is 38.1 Å². The Bertz CT molecular complexity index is 1310. The maximum atomic E-state index is 13.8. The SMILES string of the molecule is CCCNC(=O)[C@H](C)N(Cc1cccc(C)c1)C(=O)CN(c1ccc(Br)cc1)S(=O)(=O)c1ccccc1. The Morgan fingerprint density at radius 3 is 2.27 bits per heavy atom. The first-order valence-corrected chi connectivity index (χ1v) is 14.3. The van der Waals surface area contributed by atoms with Crippen LogP contribution in [0, 0.1) is 6.92 Å². The predicted octanol–water partition coefficient (Wildman–Crippen LogP) is 4.90. The molecule has 37 heavy (non-hydrogen) atoms. The highest BCUT2D eigenvalue weighted by Gasteiger charge is 2.32. The molecule has 0 aliphatic heterocycles. The van der Waals surface area contributed by atoms with E-state index in [2.05, 4.69) is 21.2 Å². The number of aryl methyl sites for hydroxylation is 1. The maximum absolute atomic E-state index is 13.8. The summed E-state index contributed by atoms with van der Waals surface area (Å²) in [6.07, 6.45) is 0.761. The zero-order valence-corrected chi connectivity index (χ0v) is 23.6. The summed E-state index contributed by atoms with van der Waals surface area (Å²) in [5.41, 5.74) is 2.22. The number of carbonyl (C=O) groups is 2. The number of nitrogens with one attached hydrogen (secondary N) is 1. The molecule has 196 valence electrons. The van der Waals surface area contributed by atoms with Gasteiger partial charge in [0.15, 0.2) is 0 Å². The molecule has 0 aliphatic rings.